The van der Waals surface area contributed by atoms with Gasteiger partial charge in [0.25, 0.3) is 0 Å². The van der Waals surface area contributed by atoms with Crippen LogP contribution in [0.1, 0.15) is 26.2 Å². The van der Waals surface area contributed by atoms with Crippen LogP contribution in [0.3, 0.4) is 0 Å². The number of ether oxygens (including phenoxy) is 2. The predicted molar refractivity (Wildman–Crippen MR) is 75.9 cm³/mol. The molecule has 3 unspecified atom stereocenters. The monoisotopic (exact) mass is 289 g/mol. The molecular formula is C16H19NO4. The molecule has 1 fully saturated rings. The Bertz CT molecular complexity index is 514. The lowest BCUT2D eigenvalue weighted by atomic mass is 9.94. The number of hydrogen-bond acceptors (Lipinski definition) is 5. The van der Waals surface area contributed by atoms with Crippen molar-refractivity contribution in [1.82, 2.24) is 0 Å². The fourth-order valence-corrected chi connectivity index (χ4v) is 2.40. The van der Waals surface area contributed by atoms with Crippen LogP contribution >= 0.6 is 0 Å². The molecule has 1 aromatic rings. The minimum absolute atomic E-state index is 0.000489. The Labute approximate surface area is 124 Å². The second-order valence-corrected chi connectivity index (χ2v) is 5.21. The van der Waals surface area contributed by atoms with Gasteiger partial charge in [0.2, 0.25) is 0 Å². The Morgan fingerprint density at radius 1 is 1.52 bits per heavy atom. The Kier molecular flexibility index (Phi) is 5.18. The van der Waals surface area contributed by atoms with Crippen molar-refractivity contribution in [3.63, 3.8) is 0 Å². The number of carbonyl (C=O) groups excluding carboxylic acids is 1. The van der Waals surface area contributed by atoms with E-state index < -0.39 is 12.0 Å². The summed E-state index contributed by atoms with van der Waals surface area (Å²) in [6.07, 6.45) is 1.61. The molecule has 5 nitrogen and oxygen atoms in total. The molecule has 2 rings (SSSR count). The van der Waals surface area contributed by atoms with E-state index in [0.717, 1.165) is 12.8 Å². The third-order valence-corrected chi connectivity index (χ3v) is 3.57. The lowest BCUT2D eigenvalue weighted by Gasteiger charge is -2.18. The minimum Gasteiger partial charge on any atom is -0.508 e. The highest BCUT2D eigenvalue weighted by Gasteiger charge is 2.29. The average molecular weight is 289 g/mol. The summed E-state index contributed by atoms with van der Waals surface area (Å²) in [6.45, 7) is 2.34. The smallest absolute Gasteiger partial charge is 0.190 e. The van der Waals surface area contributed by atoms with E-state index in [1.165, 1.54) is 12.1 Å². The highest BCUT2D eigenvalue weighted by Crippen LogP contribution is 2.23. The van der Waals surface area contributed by atoms with Crippen molar-refractivity contribution in [2.45, 2.75) is 38.4 Å². The van der Waals surface area contributed by atoms with Crippen LogP contribution in [0.15, 0.2) is 24.3 Å². The molecule has 0 aromatic heterocycles. The molecule has 0 saturated carbocycles. The number of benzene rings is 1. The van der Waals surface area contributed by atoms with E-state index in [4.69, 9.17) is 9.47 Å². The first-order valence-corrected chi connectivity index (χ1v) is 7.11. The first-order valence-electron chi connectivity index (χ1n) is 7.11. The first-order chi connectivity index (χ1) is 10.1. The third kappa shape index (κ3) is 4.20. The summed E-state index contributed by atoms with van der Waals surface area (Å²) >= 11 is 0. The molecule has 0 radical (unpaired) electrons. The maximum atomic E-state index is 12.3. The number of hydrogen-bond donors (Lipinski definition) is 1. The zero-order valence-electron chi connectivity index (χ0n) is 12.0. The molecule has 1 aliphatic rings. The van der Waals surface area contributed by atoms with Crippen molar-refractivity contribution in [2.75, 3.05) is 6.61 Å². The first kappa shape index (κ1) is 15.3. The molecular weight excluding hydrogens is 270 g/mol. The van der Waals surface area contributed by atoms with Gasteiger partial charge in [-0.1, -0.05) is 0 Å². The maximum Gasteiger partial charge on any atom is 0.190 e. The highest BCUT2D eigenvalue weighted by atomic mass is 16.5. The van der Waals surface area contributed by atoms with Gasteiger partial charge in [-0.25, -0.2) is 0 Å². The molecule has 1 aromatic carbocycles. The number of rotatable bonds is 6. The van der Waals surface area contributed by atoms with Crippen molar-refractivity contribution in [3.8, 4) is 17.6 Å². The molecule has 1 heterocycles. The van der Waals surface area contributed by atoms with Gasteiger partial charge in [-0.3, -0.25) is 4.79 Å². The van der Waals surface area contributed by atoms with Crippen LogP contribution in [0.5, 0.6) is 11.5 Å². The van der Waals surface area contributed by atoms with Crippen molar-refractivity contribution in [2.24, 2.45) is 5.92 Å². The van der Waals surface area contributed by atoms with E-state index in [2.05, 4.69) is 6.07 Å². The number of Topliss-reactive ketones (excluding diaryl/α,β-unsaturated/α-hetero) is 1. The number of carbonyl (C=O) groups is 1. The van der Waals surface area contributed by atoms with Gasteiger partial charge in [0, 0.05) is 6.61 Å². The van der Waals surface area contributed by atoms with Crippen molar-refractivity contribution < 1.29 is 19.4 Å². The lowest BCUT2D eigenvalue weighted by molar-refractivity contribution is -0.128. The normalized spacial score (nSPS) is 20.5. The summed E-state index contributed by atoms with van der Waals surface area (Å²) in [6, 6.07) is 8.20. The summed E-state index contributed by atoms with van der Waals surface area (Å²) in [7, 11) is 0. The molecule has 0 amide bonds. The van der Waals surface area contributed by atoms with E-state index in [1.807, 2.05) is 0 Å². The number of aromatic hydroxyl groups is 1. The molecule has 0 aliphatic carbocycles. The van der Waals surface area contributed by atoms with Gasteiger partial charge in [-0.05, 0) is 50.5 Å². The van der Waals surface area contributed by atoms with Gasteiger partial charge >= 0.3 is 0 Å². The fraction of sp³-hybridized carbons (Fsp3) is 0.500. The molecule has 5 heteroatoms. The number of nitriles is 1. The van der Waals surface area contributed by atoms with Crippen LogP contribution in [-0.2, 0) is 9.53 Å². The van der Waals surface area contributed by atoms with Gasteiger partial charge in [-0.2, -0.15) is 5.26 Å². The number of nitrogens with zero attached hydrogens (tertiary/aromatic N) is 1. The van der Waals surface area contributed by atoms with Gasteiger partial charge in [-0.15, -0.1) is 0 Å². The standard InChI is InChI=1S/C16H19NO4/c1-11(21-14-6-4-13(18)5-7-14)16(19)12(10-17)9-15-3-2-8-20-15/h4-7,11-12,15,18H,2-3,8-9H2,1H3. The van der Waals surface area contributed by atoms with Crippen LogP contribution in [0.4, 0.5) is 0 Å². The number of phenolic OH excluding ortho intramolecular Hbond substituents is 1. The van der Waals surface area contributed by atoms with Crippen molar-refractivity contribution in [3.05, 3.63) is 24.3 Å². The topological polar surface area (TPSA) is 79.5 Å². The maximum absolute atomic E-state index is 12.3. The van der Waals surface area contributed by atoms with Crippen LogP contribution in [-0.4, -0.2) is 29.7 Å². The summed E-state index contributed by atoms with van der Waals surface area (Å²) in [4.78, 5) is 12.3. The van der Waals surface area contributed by atoms with Crippen LogP contribution in [0, 0.1) is 17.2 Å². The molecule has 21 heavy (non-hydrogen) atoms. The van der Waals surface area contributed by atoms with Crippen molar-refractivity contribution >= 4 is 5.78 Å². The highest BCUT2D eigenvalue weighted by molar-refractivity contribution is 5.87. The van der Waals surface area contributed by atoms with Gasteiger partial charge in [0.05, 0.1) is 12.2 Å². The van der Waals surface area contributed by atoms with E-state index in [9.17, 15) is 15.2 Å². The van der Waals surface area contributed by atoms with Crippen molar-refractivity contribution in [1.29, 1.82) is 5.26 Å². The molecule has 0 spiro atoms. The number of phenols is 1. The Morgan fingerprint density at radius 3 is 2.81 bits per heavy atom. The summed E-state index contributed by atoms with van der Waals surface area (Å²) in [5.41, 5.74) is 0. The predicted octanol–water partition coefficient (Wildman–Crippen LogP) is 2.44. The molecule has 1 aliphatic heterocycles. The largest absolute Gasteiger partial charge is 0.508 e. The third-order valence-electron chi connectivity index (χ3n) is 3.57. The zero-order valence-corrected chi connectivity index (χ0v) is 12.0. The van der Waals surface area contributed by atoms with Gasteiger partial charge in [0.15, 0.2) is 11.9 Å². The molecule has 3 atom stereocenters. The zero-order chi connectivity index (χ0) is 15.2. The Balaban J connectivity index is 1.93. The fourth-order valence-electron chi connectivity index (χ4n) is 2.40. The Morgan fingerprint density at radius 2 is 2.24 bits per heavy atom. The van der Waals surface area contributed by atoms with E-state index in [0.29, 0.717) is 18.8 Å². The summed E-state index contributed by atoms with van der Waals surface area (Å²) in [5, 5.41) is 18.4. The SMILES string of the molecule is CC(Oc1ccc(O)cc1)C(=O)C(C#N)CC1CCCO1. The van der Waals surface area contributed by atoms with Gasteiger partial charge < -0.3 is 14.6 Å². The van der Waals surface area contributed by atoms with Crippen LogP contribution < -0.4 is 4.74 Å². The van der Waals surface area contributed by atoms with E-state index >= 15 is 0 Å². The summed E-state index contributed by atoms with van der Waals surface area (Å²) < 4.78 is 11.0. The molecule has 1 saturated heterocycles. The van der Waals surface area contributed by atoms with E-state index in [-0.39, 0.29) is 17.6 Å². The molecule has 1 N–H and O–H groups in total. The molecule has 112 valence electrons. The average Bonchev–Trinajstić information content (AvgIpc) is 2.99. The summed E-state index contributed by atoms with van der Waals surface area (Å²) in [5.74, 6) is -0.321. The van der Waals surface area contributed by atoms with Crippen LogP contribution in [0.25, 0.3) is 0 Å². The van der Waals surface area contributed by atoms with E-state index in [1.54, 1.807) is 19.1 Å². The van der Waals surface area contributed by atoms with Gasteiger partial charge in [0.1, 0.15) is 17.4 Å². The number of ketones is 1. The second kappa shape index (κ2) is 7.09. The van der Waals surface area contributed by atoms with Crippen LogP contribution in [0.2, 0.25) is 0 Å². The quantitative estimate of drug-likeness (QED) is 0.870. The lowest BCUT2D eigenvalue weighted by Crippen LogP contribution is -2.31. The Hall–Kier alpha value is -2.06. The molecule has 0 bridgehead atoms. The second-order valence-electron chi connectivity index (χ2n) is 5.21. The minimum atomic E-state index is -0.708.